The number of carboxylic acid groups (broad SMARTS) is 1. The lowest BCUT2D eigenvalue weighted by Gasteiger charge is -2.33. The van der Waals surface area contributed by atoms with Gasteiger partial charge in [-0.15, -0.1) is 0 Å². The Morgan fingerprint density at radius 3 is 2.06 bits per heavy atom. The molecule has 3 aromatic carbocycles. The summed E-state index contributed by atoms with van der Waals surface area (Å²) < 4.78 is 68.8. The van der Waals surface area contributed by atoms with Gasteiger partial charge in [-0.1, -0.05) is 30.3 Å². The predicted molar refractivity (Wildman–Crippen MR) is 128 cm³/mol. The zero-order valence-electron chi connectivity index (χ0n) is 19.3. The van der Waals surface area contributed by atoms with Crippen LogP contribution in [0.4, 0.5) is 24.5 Å². The fraction of sp³-hybridized carbons (Fsp3) is 0.240. The number of nitrogens with zero attached hydrogens (tertiary/aromatic N) is 2. The number of aromatic carboxylic acids is 1. The Bertz CT molecular complexity index is 1290. The number of anilines is 2. The van der Waals surface area contributed by atoms with Crippen LogP contribution < -0.4 is 9.21 Å². The van der Waals surface area contributed by atoms with Crippen molar-refractivity contribution in [2.45, 2.75) is 37.5 Å². The van der Waals surface area contributed by atoms with Crippen LogP contribution in [-0.4, -0.2) is 32.6 Å². The fourth-order valence-corrected chi connectivity index (χ4v) is 5.39. The van der Waals surface area contributed by atoms with Gasteiger partial charge >= 0.3 is 12.1 Å². The maximum atomic E-state index is 13.6. The van der Waals surface area contributed by atoms with Gasteiger partial charge in [0.15, 0.2) is 0 Å². The monoisotopic (exact) mass is 506 g/mol. The van der Waals surface area contributed by atoms with Gasteiger partial charge in [0, 0.05) is 19.6 Å². The molecule has 0 aromatic heterocycles. The molecule has 10 heteroatoms. The van der Waals surface area contributed by atoms with Crippen LogP contribution in [0.5, 0.6) is 0 Å². The summed E-state index contributed by atoms with van der Waals surface area (Å²) in [5.41, 5.74) is -0.0269. The summed E-state index contributed by atoms with van der Waals surface area (Å²) in [6.45, 7) is 3.41. The van der Waals surface area contributed by atoms with Gasteiger partial charge in [0.2, 0.25) is 0 Å². The first-order chi connectivity index (χ1) is 16.3. The molecular formula is C25H25F3N2O4S. The molecule has 0 aliphatic heterocycles. The highest BCUT2D eigenvalue weighted by molar-refractivity contribution is 7.92. The van der Waals surface area contributed by atoms with Crippen molar-refractivity contribution in [3.8, 4) is 0 Å². The van der Waals surface area contributed by atoms with Crippen molar-refractivity contribution in [2.75, 3.05) is 16.3 Å². The van der Waals surface area contributed by atoms with E-state index >= 15 is 0 Å². The van der Waals surface area contributed by atoms with E-state index in [4.69, 9.17) is 5.11 Å². The summed E-state index contributed by atoms with van der Waals surface area (Å²) in [6, 6.07) is 16.0. The first-order valence-corrected chi connectivity index (χ1v) is 12.1. The lowest BCUT2D eigenvalue weighted by atomic mass is 10.1. The number of carbonyl (C=O) groups is 1. The molecule has 6 nitrogen and oxygen atoms in total. The molecule has 0 bridgehead atoms. The van der Waals surface area contributed by atoms with E-state index in [0.717, 1.165) is 16.4 Å². The molecule has 0 saturated carbocycles. The van der Waals surface area contributed by atoms with E-state index in [-0.39, 0.29) is 28.4 Å². The number of hydrogen-bond acceptors (Lipinski definition) is 4. The van der Waals surface area contributed by atoms with Gasteiger partial charge in [-0.25, -0.2) is 13.2 Å². The van der Waals surface area contributed by atoms with E-state index in [2.05, 4.69) is 0 Å². The van der Waals surface area contributed by atoms with Gasteiger partial charge in [0.05, 0.1) is 27.4 Å². The molecule has 0 aliphatic carbocycles. The van der Waals surface area contributed by atoms with Crippen molar-refractivity contribution in [1.29, 1.82) is 0 Å². The molecule has 3 aromatic rings. The fourth-order valence-electron chi connectivity index (χ4n) is 3.69. The number of rotatable bonds is 8. The first-order valence-electron chi connectivity index (χ1n) is 10.7. The molecule has 3 rings (SSSR count). The van der Waals surface area contributed by atoms with Gasteiger partial charge in [0.25, 0.3) is 10.0 Å². The van der Waals surface area contributed by atoms with E-state index in [1.165, 1.54) is 35.2 Å². The van der Waals surface area contributed by atoms with Gasteiger partial charge in [-0.05, 0) is 61.9 Å². The summed E-state index contributed by atoms with van der Waals surface area (Å²) >= 11 is 0. The standard InChI is InChI=1S/C25H25F3N2O4S/c1-17(2)30(35(33,34)21-7-5-4-6-8-21)22-14-13-20(25(26,27)28)15-23(22)29(3)16-18-9-11-19(12-10-18)24(31)32/h4-15,17H,16H2,1-3H3,(H,31,32). The largest absolute Gasteiger partial charge is 0.478 e. The van der Waals surface area contributed by atoms with Crippen molar-refractivity contribution < 1.29 is 31.5 Å². The minimum Gasteiger partial charge on any atom is -0.478 e. The van der Waals surface area contributed by atoms with Gasteiger partial charge in [0.1, 0.15) is 0 Å². The van der Waals surface area contributed by atoms with Gasteiger partial charge in [-0.3, -0.25) is 4.31 Å². The molecule has 0 saturated heterocycles. The normalized spacial score (nSPS) is 12.0. The minimum absolute atomic E-state index is 0.0199. The second-order valence-electron chi connectivity index (χ2n) is 8.27. The zero-order chi connectivity index (χ0) is 26.0. The third kappa shape index (κ3) is 5.76. The maximum absolute atomic E-state index is 13.6. The minimum atomic E-state index is -4.63. The van der Waals surface area contributed by atoms with E-state index < -0.39 is 33.8 Å². The summed E-state index contributed by atoms with van der Waals surface area (Å²) in [7, 11) is -2.53. The van der Waals surface area contributed by atoms with E-state index in [9.17, 15) is 26.4 Å². The highest BCUT2D eigenvalue weighted by Gasteiger charge is 2.34. The van der Waals surface area contributed by atoms with Crippen molar-refractivity contribution in [3.05, 3.63) is 89.5 Å². The predicted octanol–water partition coefficient (Wildman–Crippen LogP) is 5.64. The average Bonchev–Trinajstić information content (AvgIpc) is 2.79. The molecule has 0 amide bonds. The summed E-state index contributed by atoms with van der Waals surface area (Å²) in [4.78, 5) is 12.6. The quantitative estimate of drug-likeness (QED) is 0.428. The number of halogens is 3. The SMILES string of the molecule is CC(C)N(c1ccc(C(F)(F)F)cc1N(C)Cc1ccc(C(=O)O)cc1)S(=O)(=O)c1ccccc1. The van der Waals surface area contributed by atoms with E-state index in [0.29, 0.717) is 5.56 Å². The Morgan fingerprint density at radius 1 is 0.943 bits per heavy atom. The van der Waals surface area contributed by atoms with Crippen LogP contribution in [0.25, 0.3) is 0 Å². The van der Waals surface area contributed by atoms with E-state index in [1.54, 1.807) is 51.2 Å². The topological polar surface area (TPSA) is 77.9 Å². The third-order valence-corrected chi connectivity index (χ3v) is 7.35. The molecule has 0 spiro atoms. The Kier molecular flexibility index (Phi) is 7.44. The molecule has 0 aliphatic rings. The van der Waals surface area contributed by atoms with Crippen molar-refractivity contribution in [1.82, 2.24) is 0 Å². The lowest BCUT2D eigenvalue weighted by molar-refractivity contribution is -0.137. The molecule has 186 valence electrons. The highest BCUT2D eigenvalue weighted by atomic mass is 32.2. The number of sulfonamides is 1. The lowest BCUT2D eigenvalue weighted by Crippen LogP contribution is -2.38. The molecule has 0 unspecified atom stereocenters. The van der Waals surface area contributed by atoms with Crippen LogP contribution in [-0.2, 0) is 22.7 Å². The number of benzene rings is 3. The molecule has 1 N–H and O–H groups in total. The van der Waals surface area contributed by atoms with Crippen molar-refractivity contribution in [2.24, 2.45) is 0 Å². The Hall–Kier alpha value is -3.53. The third-order valence-electron chi connectivity index (χ3n) is 5.34. The van der Waals surface area contributed by atoms with Crippen molar-refractivity contribution in [3.63, 3.8) is 0 Å². The van der Waals surface area contributed by atoms with Crippen molar-refractivity contribution >= 4 is 27.4 Å². The number of carboxylic acids is 1. The van der Waals surface area contributed by atoms with Crippen LogP contribution in [0, 0.1) is 0 Å². The number of alkyl halides is 3. The van der Waals surface area contributed by atoms with E-state index in [1.807, 2.05) is 0 Å². The molecule has 0 fully saturated rings. The molecular weight excluding hydrogens is 481 g/mol. The maximum Gasteiger partial charge on any atom is 0.416 e. The Labute approximate surface area is 202 Å². The first kappa shape index (κ1) is 26.1. The van der Waals surface area contributed by atoms with Crippen LogP contribution >= 0.6 is 0 Å². The molecule has 0 heterocycles. The summed E-state index contributed by atoms with van der Waals surface area (Å²) in [6.07, 6.45) is -4.63. The van der Waals surface area contributed by atoms with Crippen LogP contribution in [0.3, 0.4) is 0 Å². The average molecular weight is 507 g/mol. The smallest absolute Gasteiger partial charge is 0.416 e. The molecule has 0 atom stereocenters. The van der Waals surface area contributed by atoms with Crippen LogP contribution in [0.15, 0.2) is 77.7 Å². The zero-order valence-corrected chi connectivity index (χ0v) is 20.1. The molecule has 35 heavy (non-hydrogen) atoms. The molecule has 0 radical (unpaired) electrons. The summed E-state index contributed by atoms with van der Waals surface area (Å²) in [5, 5.41) is 9.08. The van der Waals surface area contributed by atoms with Gasteiger partial charge in [-0.2, -0.15) is 13.2 Å². The van der Waals surface area contributed by atoms with Crippen LogP contribution in [0.2, 0.25) is 0 Å². The summed E-state index contributed by atoms with van der Waals surface area (Å²) in [5.74, 6) is -1.09. The Morgan fingerprint density at radius 2 is 1.54 bits per heavy atom. The van der Waals surface area contributed by atoms with Gasteiger partial charge < -0.3 is 10.0 Å². The second-order valence-corrected chi connectivity index (χ2v) is 10.1. The van der Waals surface area contributed by atoms with Crippen LogP contribution in [0.1, 0.15) is 35.3 Å². The highest BCUT2D eigenvalue weighted by Crippen LogP contribution is 2.40. The Balaban J connectivity index is 2.12. The number of hydrogen-bond donors (Lipinski definition) is 1. The second kappa shape index (κ2) is 9.99.